The topological polar surface area (TPSA) is 79.0 Å². The normalized spacial score (nSPS) is 10.1. The largest absolute Gasteiger partial charge is 0.380 e. The van der Waals surface area contributed by atoms with E-state index < -0.39 is 10.7 Å². The lowest BCUT2D eigenvalue weighted by atomic mass is 10.1. The molecule has 20 heavy (non-hydrogen) atoms. The number of halogens is 1. The highest BCUT2D eigenvalue weighted by Crippen LogP contribution is 2.26. The molecule has 0 fully saturated rings. The molecule has 7 heteroatoms. The van der Waals surface area contributed by atoms with Gasteiger partial charge in [-0.3, -0.25) is 10.1 Å². The molecular formula is C13H10FN3O2S. The van der Waals surface area contributed by atoms with E-state index in [-0.39, 0.29) is 10.6 Å². The highest BCUT2D eigenvalue weighted by atomic mass is 32.1. The molecule has 5 nitrogen and oxygen atoms in total. The fraction of sp³-hybridized carbons (Fsp3) is 0.154. The lowest BCUT2D eigenvalue weighted by Crippen LogP contribution is -2.01. The van der Waals surface area contributed by atoms with Crippen LogP contribution in [0.3, 0.4) is 0 Å². The Balaban J connectivity index is 2.16. The Morgan fingerprint density at radius 3 is 2.85 bits per heavy atom. The van der Waals surface area contributed by atoms with Gasteiger partial charge in [0.25, 0.3) is 0 Å². The Kier molecular flexibility index (Phi) is 3.96. The molecule has 2 rings (SSSR count). The first-order valence-corrected chi connectivity index (χ1v) is 6.50. The summed E-state index contributed by atoms with van der Waals surface area (Å²) in [6.45, 7) is 1.95. The summed E-state index contributed by atoms with van der Waals surface area (Å²) in [6, 6.07) is 7.70. The summed E-state index contributed by atoms with van der Waals surface area (Å²) in [4.78, 5) is 10.9. The van der Waals surface area contributed by atoms with E-state index in [0.717, 1.165) is 16.2 Å². The molecule has 0 aliphatic heterocycles. The van der Waals surface area contributed by atoms with Gasteiger partial charge in [-0.15, -0.1) is 0 Å². The van der Waals surface area contributed by atoms with Crippen LogP contribution in [0.1, 0.15) is 16.0 Å². The number of benzene rings is 1. The van der Waals surface area contributed by atoms with Crippen LogP contribution in [0.15, 0.2) is 24.3 Å². The third-order valence-corrected chi connectivity index (χ3v) is 3.79. The first-order chi connectivity index (χ1) is 9.51. The van der Waals surface area contributed by atoms with Crippen LogP contribution in [0, 0.1) is 34.2 Å². The van der Waals surface area contributed by atoms with Gasteiger partial charge < -0.3 is 5.32 Å². The standard InChI is InChI=1S/C13H10FN3O2S/c1-8-11(14)4-9(6-15)5-12(8)16-7-10-2-3-13(20-10)17(18)19/h2-5,16H,7H2,1H3. The number of thiophene rings is 1. The minimum absolute atomic E-state index is 0.0653. The molecule has 0 unspecified atom stereocenters. The third kappa shape index (κ3) is 2.92. The molecule has 0 aliphatic rings. The molecular weight excluding hydrogens is 281 g/mol. The van der Waals surface area contributed by atoms with E-state index in [0.29, 0.717) is 17.8 Å². The molecule has 0 amide bonds. The fourth-order valence-corrected chi connectivity index (χ4v) is 2.43. The van der Waals surface area contributed by atoms with Crippen LogP contribution in [0.25, 0.3) is 0 Å². The van der Waals surface area contributed by atoms with Crippen LogP contribution in [-0.2, 0) is 6.54 Å². The Bertz CT molecular complexity index is 706. The molecule has 2 aromatic rings. The predicted octanol–water partition coefficient (Wildman–Crippen LogP) is 3.59. The summed E-state index contributed by atoms with van der Waals surface area (Å²) in [5.74, 6) is -0.455. The summed E-state index contributed by atoms with van der Waals surface area (Å²) >= 11 is 1.06. The van der Waals surface area contributed by atoms with Gasteiger partial charge in [-0.25, -0.2) is 4.39 Å². The van der Waals surface area contributed by atoms with Crippen LogP contribution in [-0.4, -0.2) is 4.92 Å². The van der Waals surface area contributed by atoms with Gasteiger partial charge in [-0.05, 0) is 25.1 Å². The second-order valence-electron chi connectivity index (χ2n) is 4.09. The van der Waals surface area contributed by atoms with E-state index >= 15 is 0 Å². The Morgan fingerprint density at radius 2 is 2.25 bits per heavy atom. The molecule has 1 heterocycles. The number of hydrogen-bond acceptors (Lipinski definition) is 5. The Labute approximate surface area is 118 Å². The van der Waals surface area contributed by atoms with Crippen molar-refractivity contribution in [2.24, 2.45) is 0 Å². The van der Waals surface area contributed by atoms with Gasteiger partial charge in [0.1, 0.15) is 5.82 Å². The van der Waals surface area contributed by atoms with Crippen molar-refractivity contribution in [3.8, 4) is 6.07 Å². The van der Waals surface area contributed by atoms with Gasteiger partial charge in [0.2, 0.25) is 0 Å². The average molecular weight is 291 g/mol. The van der Waals surface area contributed by atoms with Gasteiger partial charge in [0, 0.05) is 28.7 Å². The second-order valence-corrected chi connectivity index (χ2v) is 5.24. The average Bonchev–Trinajstić information content (AvgIpc) is 2.89. The van der Waals surface area contributed by atoms with Crippen LogP contribution in [0.5, 0.6) is 0 Å². The van der Waals surface area contributed by atoms with Gasteiger partial charge in [-0.1, -0.05) is 11.3 Å². The smallest absolute Gasteiger partial charge is 0.324 e. The maximum absolute atomic E-state index is 13.6. The third-order valence-electron chi connectivity index (χ3n) is 2.75. The zero-order valence-electron chi connectivity index (χ0n) is 10.5. The number of nitriles is 1. The van der Waals surface area contributed by atoms with E-state index in [1.54, 1.807) is 19.1 Å². The molecule has 0 spiro atoms. The van der Waals surface area contributed by atoms with Crippen LogP contribution >= 0.6 is 11.3 Å². The lowest BCUT2D eigenvalue weighted by molar-refractivity contribution is -0.380. The number of nitrogens with zero attached hydrogens (tertiary/aromatic N) is 2. The molecule has 0 atom stereocenters. The van der Waals surface area contributed by atoms with E-state index in [9.17, 15) is 14.5 Å². The van der Waals surface area contributed by atoms with Crippen LogP contribution in [0.4, 0.5) is 15.1 Å². The van der Waals surface area contributed by atoms with Crippen molar-refractivity contribution >= 4 is 22.0 Å². The van der Waals surface area contributed by atoms with Crippen molar-refractivity contribution in [2.75, 3.05) is 5.32 Å². The van der Waals surface area contributed by atoms with Gasteiger partial charge in [0.15, 0.2) is 0 Å². The highest BCUT2D eigenvalue weighted by Gasteiger charge is 2.11. The number of rotatable bonds is 4. The molecule has 0 bridgehead atoms. The molecule has 0 aliphatic carbocycles. The van der Waals surface area contributed by atoms with Gasteiger partial charge in [-0.2, -0.15) is 5.26 Å². The maximum atomic E-state index is 13.6. The van der Waals surface area contributed by atoms with E-state index in [1.807, 2.05) is 6.07 Å². The zero-order chi connectivity index (χ0) is 14.7. The number of anilines is 1. The minimum Gasteiger partial charge on any atom is -0.380 e. The van der Waals surface area contributed by atoms with Crippen molar-refractivity contribution in [1.82, 2.24) is 0 Å². The Morgan fingerprint density at radius 1 is 1.50 bits per heavy atom. The summed E-state index contributed by atoms with van der Waals surface area (Å²) in [5.41, 5.74) is 1.15. The number of nitrogens with one attached hydrogen (secondary N) is 1. The zero-order valence-corrected chi connectivity index (χ0v) is 11.3. The molecule has 0 saturated carbocycles. The van der Waals surface area contributed by atoms with E-state index in [1.165, 1.54) is 12.1 Å². The van der Waals surface area contributed by atoms with Crippen molar-refractivity contribution in [2.45, 2.75) is 13.5 Å². The first kappa shape index (κ1) is 14.0. The van der Waals surface area contributed by atoms with Crippen molar-refractivity contribution in [3.05, 3.63) is 56.2 Å². The predicted molar refractivity (Wildman–Crippen MR) is 74.2 cm³/mol. The number of hydrogen-bond donors (Lipinski definition) is 1. The summed E-state index contributed by atoms with van der Waals surface area (Å²) in [7, 11) is 0. The SMILES string of the molecule is Cc1c(F)cc(C#N)cc1NCc1ccc([N+](=O)[O-])s1. The highest BCUT2D eigenvalue weighted by molar-refractivity contribution is 7.15. The van der Waals surface area contributed by atoms with Crippen LogP contribution in [0.2, 0.25) is 0 Å². The van der Waals surface area contributed by atoms with Gasteiger partial charge >= 0.3 is 5.00 Å². The second kappa shape index (κ2) is 5.67. The quantitative estimate of drug-likeness (QED) is 0.689. The lowest BCUT2D eigenvalue weighted by Gasteiger charge is -2.09. The molecule has 1 N–H and O–H groups in total. The summed E-state index contributed by atoms with van der Waals surface area (Å²) < 4.78 is 13.6. The molecule has 102 valence electrons. The number of nitro groups is 1. The molecule has 0 radical (unpaired) electrons. The van der Waals surface area contributed by atoms with Crippen LogP contribution < -0.4 is 5.32 Å². The van der Waals surface area contributed by atoms with Crippen molar-refractivity contribution in [1.29, 1.82) is 5.26 Å². The monoisotopic (exact) mass is 291 g/mol. The van der Waals surface area contributed by atoms with E-state index in [2.05, 4.69) is 5.32 Å². The molecule has 1 aromatic carbocycles. The summed E-state index contributed by atoms with van der Waals surface area (Å²) in [5, 5.41) is 22.4. The van der Waals surface area contributed by atoms with Gasteiger partial charge in [0.05, 0.1) is 16.6 Å². The molecule has 0 saturated heterocycles. The van der Waals surface area contributed by atoms with E-state index in [4.69, 9.17) is 5.26 Å². The molecule has 1 aromatic heterocycles. The van der Waals surface area contributed by atoms with Crippen molar-refractivity contribution < 1.29 is 9.31 Å². The fourth-order valence-electron chi connectivity index (χ4n) is 1.67. The summed E-state index contributed by atoms with van der Waals surface area (Å²) in [6.07, 6.45) is 0. The van der Waals surface area contributed by atoms with Crippen molar-refractivity contribution in [3.63, 3.8) is 0 Å². The maximum Gasteiger partial charge on any atom is 0.324 e. The minimum atomic E-state index is -0.455. The first-order valence-electron chi connectivity index (χ1n) is 5.68. The Hall–Kier alpha value is -2.46.